The SMILES string of the molecule is CS(=O)(=O)N[C@@H]1CCCN(c2ccc3ccccc3n2)C1. The van der Waals surface area contributed by atoms with Crippen molar-refractivity contribution >= 4 is 26.7 Å². The number of sulfonamides is 1. The van der Waals surface area contributed by atoms with Gasteiger partial charge in [-0.05, 0) is 31.0 Å². The Morgan fingerprint density at radius 2 is 2.05 bits per heavy atom. The van der Waals surface area contributed by atoms with E-state index >= 15 is 0 Å². The Labute approximate surface area is 125 Å². The van der Waals surface area contributed by atoms with Crippen LogP contribution in [0.1, 0.15) is 12.8 Å². The molecule has 0 spiro atoms. The van der Waals surface area contributed by atoms with Crippen LogP contribution in [0.4, 0.5) is 5.82 Å². The molecule has 2 aromatic rings. The molecule has 112 valence electrons. The molecule has 0 amide bonds. The minimum Gasteiger partial charge on any atom is -0.355 e. The predicted octanol–water partition coefficient (Wildman–Crippen LogP) is 1.75. The van der Waals surface area contributed by atoms with Gasteiger partial charge in [-0.2, -0.15) is 0 Å². The lowest BCUT2D eigenvalue weighted by molar-refractivity contribution is 0.466. The smallest absolute Gasteiger partial charge is 0.209 e. The van der Waals surface area contributed by atoms with Gasteiger partial charge in [0.25, 0.3) is 0 Å². The number of hydrogen-bond acceptors (Lipinski definition) is 4. The van der Waals surface area contributed by atoms with Crippen LogP contribution >= 0.6 is 0 Å². The number of piperidine rings is 1. The molecule has 0 saturated carbocycles. The van der Waals surface area contributed by atoms with Crippen molar-refractivity contribution in [3.05, 3.63) is 36.4 Å². The summed E-state index contributed by atoms with van der Waals surface area (Å²) in [6, 6.07) is 12.0. The fourth-order valence-electron chi connectivity index (χ4n) is 2.82. The minimum absolute atomic E-state index is 0.0398. The minimum atomic E-state index is -3.16. The number of aromatic nitrogens is 1. The van der Waals surface area contributed by atoms with Crippen LogP contribution in [0.5, 0.6) is 0 Å². The number of pyridine rings is 1. The molecule has 1 N–H and O–H groups in total. The zero-order valence-electron chi connectivity index (χ0n) is 12.0. The van der Waals surface area contributed by atoms with Crippen molar-refractivity contribution in [1.29, 1.82) is 0 Å². The number of benzene rings is 1. The van der Waals surface area contributed by atoms with Crippen molar-refractivity contribution in [3.63, 3.8) is 0 Å². The van der Waals surface area contributed by atoms with Crippen LogP contribution in [-0.4, -0.2) is 38.8 Å². The summed E-state index contributed by atoms with van der Waals surface area (Å²) in [5.74, 6) is 0.911. The van der Waals surface area contributed by atoms with Crippen molar-refractivity contribution < 1.29 is 8.42 Å². The molecule has 21 heavy (non-hydrogen) atoms. The third kappa shape index (κ3) is 3.51. The third-order valence-corrected chi connectivity index (χ3v) is 4.47. The van der Waals surface area contributed by atoms with E-state index in [1.807, 2.05) is 30.3 Å². The van der Waals surface area contributed by atoms with Crippen molar-refractivity contribution in [3.8, 4) is 0 Å². The van der Waals surface area contributed by atoms with Gasteiger partial charge >= 0.3 is 0 Å². The maximum Gasteiger partial charge on any atom is 0.209 e. The molecule has 1 saturated heterocycles. The standard InChI is InChI=1S/C15H19N3O2S/c1-21(19,20)17-13-6-4-10-18(11-13)15-9-8-12-5-2-3-7-14(12)16-15/h2-3,5,7-9,13,17H,4,6,10-11H2,1H3/t13-/m1/s1. The second-order valence-electron chi connectivity index (χ2n) is 5.54. The Morgan fingerprint density at radius 3 is 2.86 bits per heavy atom. The van der Waals surface area contributed by atoms with Gasteiger partial charge in [0.2, 0.25) is 10.0 Å². The lowest BCUT2D eigenvalue weighted by Crippen LogP contribution is -2.47. The molecule has 0 aliphatic carbocycles. The topological polar surface area (TPSA) is 62.3 Å². The van der Waals surface area contributed by atoms with E-state index in [1.54, 1.807) is 0 Å². The average molecular weight is 305 g/mol. The summed E-state index contributed by atoms with van der Waals surface area (Å²) in [5.41, 5.74) is 0.966. The molecule has 2 heterocycles. The number of hydrogen-bond donors (Lipinski definition) is 1. The predicted molar refractivity (Wildman–Crippen MR) is 85.0 cm³/mol. The van der Waals surface area contributed by atoms with E-state index in [4.69, 9.17) is 0 Å². The monoisotopic (exact) mass is 305 g/mol. The van der Waals surface area contributed by atoms with Gasteiger partial charge in [-0.3, -0.25) is 0 Å². The molecule has 1 fully saturated rings. The average Bonchev–Trinajstić information content (AvgIpc) is 2.45. The lowest BCUT2D eigenvalue weighted by Gasteiger charge is -2.33. The highest BCUT2D eigenvalue weighted by Crippen LogP contribution is 2.21. The summed E-state index contributed by atoms with van der Waals surface area (Å²) in [7, 11) is -3.16. The quantitative estimate of drug-likeness (QED) is 0.938. The van der Waals surface area contributed by atoms with Gasteiger partial charge in [-0.25, -0.2) is 18.1 Å². The van der Waals surface area contributed by atoms with Crippen LogP contribution in [0.15, 0.2) is 36.4 Å². The van der Waals surface area contributed by atoms with Gasteiger partial charge in [0, 0.05) is 24.5 Å². The largest absolute Gasteiger partial charge is 0.355 e. The molecule has 1 atom stereocenters. The third-order valence-electron chi connectivity index (χ3n) is 3.71. The van der Waals surface area contributed by atoms with E-state index in [0.717, 1.165) is 36.1 Å². The van der Waals surface area contributed by atoms with E-state index in [9.17, 15) is 8.42 Å². The summed E-state index contributed by atoms with van der Waals surface area (Å²) in [5, 5.41) is 1.11. The number of para-hydroxylation sites is 1. The van der Waals surface area contributed by atoms with Crippen LogP contribution in [0.2, 0.25) is 0 Å². The van der Waals surface area contributed by atoms with Crippen LogP contribution in [0.3, 0.4) is 0 Å². The first-order valence-corrected chi connectivity index (χ1v) is 8.98. The fraction of sp³-hybridized carbons (Fsp3) is 0.400. The second-order valence-corrected chi connectivity index (χ2v) is 7.32. The molecule has 0 radical (unpaired) electrons. The van der Waals surface area contributed by atoms with Gasteiger partial charge in [0.05, 0.1) is 11.8 Å². The number of nitrogens with one attached hydrogen (secondary N) is 1. The van der Waals surface area contributed by atoms with Crippen LogP contribution in [0, 0.1) is 0 Å². The normalized spacial score (nSPS) is 19.9. The van der Waals surface area contributed by atoms with Crippen LogP contribution < -0.4 is 9.62 Å². The Morgan fingerprint density at radius 1 is 1.24 bits per heavy atom. The lowest BCUT2D eigenvalue weighted by atomic mass is 10.1. The van der Waals surface area contributed by atoms with Crippen LogP contribution in [0.25, 0.3) is 10.9 Å². The van der Waals surface area contributed by atoms with Gasteiger partial charge in [0.15, 0.2) is 0 Å². The molecule has 1 aliphatic heterocycles. The summed E-state index contributed by atoms with van der Waals surface area (Å²) >= 11 is 0. The van der Waals surface area contributed by atoms with Gasteiger partial charge in [0.1, 0.15) is 5.82 Å². The number of nitrogens with zero attached hydrogens (tertiary/aromatic N) is 2. The van der Waals surface area contributed by atoms with Gasteiger partial charge in [-0.15, -0.1) is 0 Å². The van der Waals surface area contributed by atoms with Crippen LogP contribution in [-0.2, 0) is 10.0 Å². The molecule has 0 bridgehead atoms. The van der Waals surface area contributed by atoms with E-state index in [0.29, 0.717) is 6.54 Å². The fourth-order valence-corrected chi connectivity index (χ4v) is 3.61. The summed E-state index contributed by atoms with van der Waals surface area (Å²) in [6.07, 6.45) is 3.04. The highest BCUT2D eigenvalue weighted by Gasteiger charge is 2.23. The Bertz CT molecular complexity index is 745. The molecule has 5 nitrogen and oxygen atoms in total. The highest BCUT2D eigenvalue weighted by molar-refractivity contribution is 7.88. The summed E-state index contributed by atoms with van der Waals surface area (Å²) in [4.78, 5) is 6.83. The number of fused-ring (bicyclic) bond motifs is 1. The van der Waals surface area contributed by atoms with E-state index < -0.39 is 10.0 Å². The van der Waals surface area contributed by atoms with Gasteiger partial charge < -0.3 is 4.90 Å². The maximum atomic E-state index is 11.4. The highest BCUT2D eigenvalue weighted by atomic mass is 32.2. The van der Waals surface area contributed by atoms with Crippen molar-refractivity contribution in [2.24, 2.45) is 0 Å². The molecule has 6 heteroatoms. The van der Waals surface area contributed by atoms with E-state index in [2.05, 4.69) is 20.7 Å². The summed E-state index contributed by atoms with van der Waals surface area (Å²) in [6.45, 7) is 1.58. The Hall–Kier alpha value is -1.66. The molecule has 1 aromatic carbocycles. The zero-order valence-corrected chi connectivity index (χ0v) is 12.8. The molecule has 0 unspecified atom stereocenters. The first-order chi connectivity index (χ1) is 10.0. The zero-order chi connectivity index (χ0) is 14.9. The molecule has 1 aromatic heterocycles. The maximum absolute atomic E-state index is 11.4. The molecule has 3 rings (SSSR count). The molecular weight excluding hydrogens is 286 g/mol. The van der Waals surface area contributed by atoms with E-state index in [1.165, 1.54) is 6.26 Å². The first kappa shape index (κ1) is 14.3. The van der Waals surface area contributed by atoms with E-state index in [-0.39, 0.29) is 6.04 Å². The number of anilines is 1. The van der Waals surface area contributed by atoms with Crippen molar-refractivity contribution in [2.75, 3.05) is 24.2 Å². The number of rotatable bonds is 3. The second kappa shape index (κ2) is 5.61. The Kier molecular flexibility index (Phi) is 3.82. The molecular formula is C15H19N3O2S. The first-order valence-electron chi connectivity index (χ1n) is 7.09. The Balaban J connectivity index is 1.81. The summed E-state index contributed by atoms with van der Waals surface area (Å²) < 4.78 is 25.4. The van der Waals surface area contributed by atoms with Crippen molar-refractivity contribution in [2.45, 2.75) is 18.9 Å². The van der Waals surface area contributed by atoms with Gasteiger partial charge in [-0.1, -0.05) is 18.2 Å². The molecule has 1 aliphatic rings. The van der Waals surface area contributed by atoms with Crippen molar-refractivity contribution in [1.82, 2.24) is 9.71 Å².